The van der Waals surface area contributed by atoms with E-state index in [1.165, 1.54) is 13.0 Å². The molecule has 0 unspecified atom stereocenters. The Kier molecular flexibility index (Phi) is 6.40. The molecule has 10 nitrogen and oxygen atoms in total. The third kappa shape index (κ3) is 3.60. The summed E-state index contributed by atoms with van der Waals surface area (Å²) in [5.41, 5.74) is -7.51. The van der Waals surface area contributed by atoms with Gasteiger partial charge in [0.25, 0.3) is 0 Å². The lowest BCUT2D eigenvalue weighted by atomic mass is 9.69. The molecule has 0 amide bonds. The number of fused-ring (bicyclic) bond motifs is 3. The molecule has 0 aliphatic carbocycles. The highest BCUT2D eigenvalue weighted by Gasteiger charge is 2.69. The van der Waals surface area contributed by atoms with Crippen molar-refractivity contribution in [3.05, 3.63) is 36.0 Å². The van der Waals surface area contributed by atoms with Crippen LogP contribution in [0, 0.1) is 0 Å². The molecule has 3 heterocycles. The van der Waals surface area contributed by atoms with Gasteiger partial charge in [0.15, 0.2) is 11.4 Å². The Hall–Kier alpha value is -2.82. The highest BCUT2D eigenvalue weighted by Crippen LogP contribution is 2.54. The number of hydrogen-bond acceptors (Lipinski definition) is 10. The second-order valence-electron chi connectivity index (χ2n) is 9.40. The molecule has 2 N–H and O–H groups in total. The Bertz CT molecular complexity index is 1010. The fraction of sp³-hybridized carbons (Fsp3) is 0.583. The lowest BCUT2D eigenvalue weighted by molar-refractivity contribution is -0.189. The molecule has 3 aliphatic rings. The Labute approximate surface area is 197 Å². The van der Waals surface area contributed by atoms with Crippen molar-refractivity contribution in [3.63, 3.8) is 0 Å². The van der Waals surface area contributed by atoms with Crippen LogP contribution in [0.25, 0.3) is 0 Å². The lowest BCUT2D eigenvalue weighted by Crippen LogP contribution is -2.59. The fourth-order valence-electron chi connectivity index (χ4n) is 5.14. The van der Waals surface area contributed by atoms with Crippen molar-refractivity contribution < 1.29 is 48.3 Å². The van der Waals surface area contributed by atoms with Crippen LogP contribution in [-0.4, -0.2) is 76.1 Å². The first-order valence-corrected chi connectivity index (χ1v) is 10.9. The smallest absolute Gasteiger partial charge is 0.337 e. The number of esters is 3. The molecule has 0 radical (unpaired) electrons. The fourth-order valence-corrected chi connectivity index (χ4v) is 5.14. The quantitative estimate of drug-likeness (QED) is 0.331. The number of aliphatic hydroxyl groups is 2. The second kappa shape index (κ2) is 8.44. The highest BCUT2D eigenvalue weighted by atomic mass is 16.6. The van der Waals surface area contributed by atoms with Gasteiger partial charge in [-0.05, 0) is 33.6 Å². The minimum Gasteiger partial charge on any atom is -0.466 e. The van der Waals surface area contributed by atoms with Gasteiger partial charge in [0.1, 0.15) is 17.3 Å². The Morgan fingerprint density at radius 3 is 2.41 bits per heavy atom. The van der Waals surface area contributed by atoms with Gasteiger partial charge in [-0.15, -0.1) is 0 Å². The molecule has 5 atom stereocenters. The van der Waals surface area contributed by atoms with Crippen molar-refractivity contribution in [2.45, 2.75) is 75.0 Å². The van der Waals surface area contributed by atoms with Crippen LogP contribution in [0.5, 0.6) is 0 Å². The molecule has 3 aliphatic heterocycles. The van der Waals surface area contributed by atoms with Crippen LogP contribution < -0.4 is 0 Å². The summed E-state index contributed by atoms with van der Waals surface area (Å²) in [6.07, 6.45) is -0.624. The number of rotatable bonds is 5. The number of methoxy groups -OCH3 is 1. The maximum atomic E-state index is 13.5. The standard InChI is InChI=1S/C24H30O10/c1-7-15-20(29)33-22(5)11-17(32-18(27)13(2)12-25)24(14(3)19(28)31-6)16(26)10-21(4,34-24)8-9-23(15,22)30/h7,17,25,30H,2-3,8-12H2,1,4-6H3/b15-7-/t17-,21-,22+,23-,24+/m0/s1. The van der Waals surface area contributed by atoms with Gasteiger partial charge in [-0.3, -0.25) is 4.79 Å². The van der Waals surface area contributed by atoms with E-state index in [1.807, 2.05) is 0 Å². The topological polar surface area (TPSA) is 146 Å². The van der Waals surface area contributed by atoms with Gasteiger partial charge in [-0.2, -0.15) is 0 Å². The van der Waals surface area contributed by atoms with E-state index in [-0.39, 0.29) is 30.4 Å². The highest BCUT2D eigenvalue weighted by molar-refractivity contribution is 6.05. The maximum Gasteiger partial charge on any atom is 0.337 e. The summed E-state index contributed by atoms with van der Waals surface area (Å²) in [6.45, 7) is 11.1. The molecule has 3 fully saturated rings. The zero-order valence-electron chi connectivity index (χ0n) is 19.8. The molecule has 3 saturated heterocycles. The number of Topliss-reactive ketones (excluding diaryl/α,β-unsaturated/α-hetero) is 1. The predicted molar refractivity (Wildman–Crippen MR) is 116 cm³/mol. The SMILES string of the molecule is C=C(CO)C(=O)O[C@H]1C[C@@]2(C)OC(=O)/C(=C/C)[C@@]2(O)CC[C@@]2(C)CC(=O)[C@@]1(C(=C)C(=O)OC)O2. The van der Waals surface area contributed by atoms with Gasteiger partial charge in [0.05, 0.1) is 36.0 Å². The van der Waals surface area contributed by atoms with Crippen LogP contribution in [0.15, 0.2) is 36.0 Å². The molecule has 0 aromatic rings. The van der Waals surface area contributed by atoms with E-state index in [2.05, 4.69) is 13.2 Å². The molecule has 3 rings (SSSR count). The zero-order chi connectivity index (χ0) is 25.7. The van der Waals surface area contributed by atoms with Crippen molar-refractivity contribution in [1.29, 1.82) is 0 Å². The van der Waals surface area contributed by atoms with Crippen LogP contribution >= 0.6 is 0 Å². The molecule has 0 aromatic carbocycles. The minimum atomic E-state index is -2.17. The Morgan fingerprint density at radius 2 is 1.85 bits per heavy atom. The monoisotopic (exact) mass is 478 g/mol. The molecule has 34 heavy (non-hydrogen) atoms. The first-order chi connectivity index (χ1) is 15.7. The molecular weight excluding hydrogens is 448 g/mol. The number of ketones is 1. The molecule has 2 bridgehead atoms. The average Bonchev–Trinajstić information content (AvgIpc) is 3.17. The van der Waals surface area contributed by atoms with Crippen molar-refractivity contribution in [2.75, 3.05) is 13.7 Å². The van der Waals surface area contributed by atoms with E-state index in [0.717, 1.165) is 7.11 Å². The van der Waals surface area contributed by atoms with Crippen LogP contribution in [0.1, 0.15) is 46.5 Å². The molecule has 0 spiro atoms. The van der Waals surface area contributed by atoms with Crippen molar-refractivity contribution in [3.8, 4) is 0 Å². The molecule has 186 valence electrons. The predicted octanol–water partition coefficient (Wildman–Crippen LogP) is 0.840. The zero-order valence-corrected chi connectivity index (χ0v) is 19.8. The van der Waals surface area contributed by atoms with E-state index < -0.39 is 70.8 Å². The van der Waals surface area contributed by atoms with Gasteiger partial charge < -0.3 is 29.2 Å². The van der Waals surface area contributed by atoms with Crippen molar-refractivity contribution in [1.82, 2.24) is 0 Å². The Morgan fingerprint density at radius 1 is 1.21 bits per heavy atom. The van der Waals surface area contributed by atoms with Crippen LogP contribution in [0.4, 0.5) is 0 Å². The van der Waals surface area contributed by atoms with Gasteiger partial charge in [-0.25, -0.2) is 14.4 Å². The average molecular weight is 478 g/mol. The normalized spacial score (nSPS) is 38.3. The number of carbonyl (C=O) groups is 4. The summed E-state index contributed by atoms with van der Waals surface area (Å²) in [5.74, 6) is -3.35. The third-order valence-electron chi connectivity index (χ3n) is 7.16. The number of hydrogen-bond donors (Lipinski definition) is 2. The first-order valence-electron chi connectivity index (χ1n) is 10.9. The van der Waals surface area contributed by atoms with Crippen LogP contribution in [0.3, 0.4) is 0 Å². The second-order valence-corrected chi connectivity index (χ2v) is 9.40. The van der Waals surface area contributed by atoms with E-state index in [4.69, 9.17) is 18.9 Å². The molecule has 0 saturated carbocycles. The largest absolute Gasteiger partial charge is 0.466 e. The van der Waals surface area contributed by atoms with Gasteiger partial charge >= 0.3 is 17.9 Å². The molecule has 10 heteroatoms. The van der Waals surface area contributed by atoms with Crippen molar-refractivity contribution >= 4 is 23.7 Å². The summed E-state index contributed by atoms with van der Waals surface area (Å²) in [7, 11) is 1.10. The summed E-state index contributed by atoms with van der Waals surface area (Å²) < 4.78 is 22.2. The van der Waals surface area contributed by atoms with E-state index in [0.29, 0.717) is 0 Å². The van der Waals surface area contributed by atoms with Gasteiger partial charge in [0.2, 0.25) is 0 Å². The van der Waals surface area contributed by atoms with Gasteiger partial charge in [0, 0.05) is 12.8 Å². The molecular formula is C24H30O10. The first kappa shape index (κ1) is 25.8. The molecule has 0 aromatic heterocycles. The summed E-state index contributed by atoms with van der Waals surface area (Å²) in [6, 6.07) is 0. The Balaban J connectivity index is 2.26. The van der Waals surface area contributed by atoms with Gasteiger partial charge in [-0.1, -0.05) is 19.2 Å². The summed E-state index contributed by atoms with van der Waals surface area (Å²) in [5, 5.41) is 21.1. The minimum absolute atomic E-state index is 0.0104. The number of ether oxygens (including phenoxy) is 4. The summed E-state index contributed by atoms with van der Waals surface area (Å²) in [4.78, 5) is 51.4. The maximum absolute atomic E-state index is 13.5. The van der Waals surface area contributed by atoms with Crippen LogP contribution in [-0.2, 0) is 38.1 Å². The summed E-state index contributed by atoms with van der Waals surface area (Å²) >= 11 is 0. The van der Waals surface area contributed by atoms with E-state index in [1.54, 1.807) is 13.8 Å². The van der Waals surface area contributed by atoms with Crippen LogP contribution in [0.2, 0.25) is 0 Å². The van der Waals surface area contributed by atoms with E-state index in [9.17, 15) is 29.4 Å². The number of allylic oxidation sites excluding steroid dienone is 1. The van der Waals surface area contributed by atoms with Crippen molar-refractivity contribution in [2.24, 2.45) is 0 Å². The van der Waals surface area contributed by atoms with E-state index >= 15 is 0 Å². The third-order valence-corrected chi connectivity index (χ3v) is 7.16. The number of carbonyl (C=O) groups excluding carboxylic acids is 4. The lowest BCUT2D eigenvalue weighted by Gasteiger charge is -2.42. The number of aliphatic hydroxyl groups excluding tert-OH is 1.